The van der Waals surface area contributed by atoms with E-state index in [1.54, 1.807) is 12.4 Å². The van der Waals surface area contributed by atoms with Crippen molar-refractivity contribution >= 4 is 0 Å². The van der Waals surface area contributed by atoms with E-state index >= 15 is 0 Å². The quantitative estimate of drug-likeness (QED) is 0.879. The van der Waals surface area contributed by atoms with Crippen molar-refractivity contribution in [1.29, 1.82) is 0 Å². The predicted molar refractivity (Wildman–Crippen MR) is 66.2 cm³/mol. The molecule has 1 unspecified atom stereocenters. The smallest absolute Gasteiger partial charge is 0.141 e. The Hall–Kier alpha value is -1.75. The number of benzene rings is 1. The number of piperidine rings is 1. The lowest BCUT2D eigenvalue weighted by atomic mass is 9.99. The zero-order valence-corrected chi connectivity index (χ0v) is 10.0. The molecule has 1 aliphatic heterocycles. The first-order chi connectivity index (χ1) is 8.84. The van der Waals surface area contributed by atoms with Crippen LogP contribution in [0.4, 0.5) is 4.39 Å². The second kappa shape index (κ2) is 4.86. The van der Waals surface area contributed by atoms with E-state index in [0.29, 0.717) is 5.92 Å². The lowest BCUT2D eigenvalue weighted by Gasteiger charge is -2.22. The minimum absolute atomic E-state index is 0.242. The zero-order valence-electron chi connectivity index (χ0n) is 10.0. The molecule has 1 atom stereocenters. The van der Waals surface area contributed by atoms with Crippen molar-refractivity contribution in [3.63, 3.8) is 0 Å². The van der Waals surface area contributed by atoms with E-state index in [0.717, 1.165) is 37.4 Å². The van der Waals surface area contributed by atoms with E-state index in [4.69, 9.17) is 0 Å². The summed E-state index contributed by atoms with van der Waals surface area (Å²) in [4.78, 5) is 0. The van der Waals surface area contributed by atoms with Gasteiger partial charge in [0.25, 0.3) is 0 Å². The maximum atomic E-state index is 13.3. The first-order valence-corrected chi connectivity index (χ1v) is 6.21. The highest BCUT2D eigenvalue weighted by Gasteiger charge is 2.21. The van der Waals surface area contributed by atoms with Gasteiger partial charge in [-0.2, -0.15) is 0 Å². The molecule has 1 fully saturated rings. The van der Waals surface area contributed by atoms with Gasteiger partial charge in [0.1, 0.15) is 18.0 Å². The molecule has 0 aliphatic carbocycles. The summed E-state index contributed by atoms with van der Waals surface area (Å²) in [6.45, 7) is 1.97. The standard InChI is InChI=1S/C13H15FN4/c14-11-4-1-5-12(7-11)18-9-16-17-13(18)10-3-2-6-15-8-10/h1,4-5,7,9-10,15H,2-3,6,8H2. The Bertz CT molecular complexity index is 531. The molecule has 94 valence electrons. The molecule has 1 aromatic carbocycles. The van der Waals surface area contributed by atoms with Gasteiger partial charge in [0, 0.05) is 12.5 Å². The lowest BCUT2D eigenvalue weighted by molar-refractivity contribution is 0.442. The van der Waals surface area contributed by atoms with Crippen LogP contribution in [0.3, 0.4) is 0 Å². The minimum atomic E-state index is -0.242. The second-order valence-electron chi connectivity index (χ2n) is 4.58. The van der Waals surface area contributed by atoms with Gasteiger partial charge in [0.2, 0.25) is 0 Å². The Balaban J connectivity index is 1.95. The zero-order chi connectivity index (χ0) is 12.4. The highest BCUT2D eigenvalue weighted by atomic mass is 19.1. The van der Waals surface area contributed by atoms with Crippen LogP contribution < -0.4 is 5.32 Å². The van der Waals surface area contributed by atoms with Gasteiger partial charge in [0.05, 0.1) is 5.69 Å². The van der Waals surface area contributed by atoms with Crippen LogP contribution in [0.2, 0.25) is 0 Å². The van der Waals surface area contributed by atoms with E-state index in [-0.39, 0.29) is 5.82 Å². The third kappa shape index (κ3) is 2.13. The molecule has 0 amide bonds. The third-order valence-electron chi connectivity index (χ3n) is 3.32. The van der Waals surface area contributed by atoms with Crippen LogP contribution in [0, 0.1) is 5.82 Å². The molecule has 1 aromatic heterocycles. The monoisotopic (exact) mass is 246 g/mol. The molecule has 2 heterocycles. The van der Waals surface area contributed by atoms with Crippen molar-refractivity contribution in [3.05, 3.63) is 42.2 Å². The second-order valence-corrected chi connectivity index (χ2v) is 4.58. The third-order valence-corrected chi connectivity index (χ3v) is 3.32. The van der Waals surface area contributed by atoms with E-state index < -0.39 is 0 Å². The van der Waals surface area contributed by atoms with Crippen molar-refractivity contribution in [2.45, 2.75) is 18.8 Å². The average molecular weight is 246 g/mol. The number of nitrogens with zero attached hydrogens (tertiary/aromatic N) is 3. The summed E-state index contributed by atoms with van der Waals surface area (Å²) in [6.07, 6.45) is 3.89. The van der Waals surface area contributed by atoms with Gasteiger partial charge in [-0.3, -0.25) is 4.57 Å². The summed E-state index contributed by atoms with van der Waals surface area (Å²) in [5.74, 6) is 1.02. The molecule has 18 heavy (non-hydrogen) atoms. The average Bonchev–Trinajstić information content (AvgIpc) is 2.89. The van der Waals surface area contributed by atoms with Crippen LogP contribution in [0.5, 0.6) is 0 Å². The Morgan fingerprint density at radius 2 is 2.33 bits per heavy atom. The van der Waals surface area contributed by atoms with Gasteiger partial charge in [-0.15, -0.1) is 10.2 Å². The topological polar surface area (TPSA) is 42.7 Å². The number of nitrogens with one attached hydrogen (secondary N) is 1. The van der Waals surface area contributed by atoms with Crippen molar-refractivity contribution in [3.8, 4) is 5.69 Å². The van der Waals surface area contributed by atoms with E-state index in [2.05, 4.69) is 15.5 Å². The van der Waals surface area contributed by atoms with Crippen LogP contribution in [0.25, 0.3) is 5.69 Å². The van der Waals surface area contributed by atoms with Crippen molar-refractivity contribution < 1.29 is 4.39 Å². The molecule has 2 aromatic rings. The fourth-order valence-corrected chi connectivity index (χ4v) is 2.42. The summed E-state index contributed by atoms with van der Waals surface area (Å²) in [7, 11) is 0. The normalized spacial score (nSPS) is 19.9. The van der Waals surface area contributed by atoms with Crippen molar-refractivity contribution in [2.75, 3.05) is 13.1 Å². The first-order valence-electron chi connectivity index (χ1n) is 6.21. The Labute approximate surface area is 105 Å². The maximum absolute atomic E-state index is 13.3. The summed E-state index contributed by atoms with van der Waals surface area (Å²) < 4.78 is 15.1. The maximum Gasteiger partial charge on any atom is 0.141 e. The number of rotatable bonds is 2. The molecular weight excluding hydrogens is 231 g/mol. The SMILES string of the molecule is Fc1cccc(-n2cnnc2C2CCCNC2)c1. The number of hydrogen-bond donors (Lipinski definition) is 1. The molecule has 0 saturated carbocycles. The summed E-state index contributed by atoms with van der Waals surface area (Å²) in [6, 6.07) is 6.51. The summed E-state index contributed by atoms with van der Waals surface area (Å²) in [5, 5.41) is 11.5. The van der Waals surface area contributed by atoms with Crippen LogP contribution in [0.15, 0.2) is 30.6 Å². The van der Waals surface area contributed by atoms with E-state index in [9.17, 15) is 4.39 Å². The molecule has 1 saturated heterocycles. The van der Waals surface area contributed by atoms with Crippen LogP contribution in [-0.4, -0.2) is 27.9 Å². The van der Waals surface area contributed by atoms with E-state index in [1.807, 2.05) is 10.6 Å². The van der Waals surface area contributed by atoms with Gasteiger partial charge < -0.3 is 5.32 Å². The molecule has 5 heteroatoms. The Kier molecular flexibility index (Phi) is 3.06. The fourth-order valence-electron chi connectivity index (χ4n) is 2.42. The molecule has 0 spiro atoms. The summed E-state index contributed by atoms with van der Waals surface area (Å²) in [5.41, 5.74) is 0.778. The molecule has 1 aliphatic rings. The number of halogens is 1. The number of aromatic nitrogens is 3. The van der Waals surface area contributed by atoms with Gasteiger partial charge in [-0.1, -0.05) is 6.07 Å². The van der Waals surface area contributed by atoms with Crippen molar-refractivity contribution in [2.24, 2.45) is 0 Å². The van der Waals surface area contributed by atoms with Crippen molar-refractivity contribution in [1.82, 2.24) is 20.1 Å². The fraction of sp³-hybridized carbons (Fsp3) is 0.385. The number of hydrogen-bond acceptors (Lipinski definition) is 3. The van der Waals surface area contributed by atoms with Gasteiger partial charge in [-0.25, -0.2) is 4.39 Å². The molecule has 1 N–H and O–H groups in total. The van der Waals surface area contributed by atoms with Crippen LogP contribution >= 0.6 is 0 Å². The molecule has 4 nitrogen and oxygen atoms in total. The van der Waals surface area contributed by atoms with Gasteiger partial charge in [0.15, 0.2) is 0 Å². The van der Waals surface area contributed by atoms with Crippen LogP contribution in [-0.2, 0) is 0 Å². The minimum Gasteiger partial charge on any atom is -0.316 e. The van der Waals surface area contributed by atoms with E-state index in [1.165, 1.54) is 12.1 Å². The van der Waals surface area contributed by atoms with Crippen LogP contribution in [0.1, 0.15) is 24.6 Å². The largest absolute Gasteiger partial charge is 0.316 e. The molecular formula is C13H15FN4. The molecule has 3 rings (SSSR count). The lowest BCUT2D eigenvalue weighted by Crippen LogP contribution is -2.29. The molecule has 0 bridgehead atoms. The Morgan fingerprint density at radius 3 is 3.11 bits per heavy atom. The summed E-state index contributed by atoms with van der Waals surface area (Å²) >= 11 is 0. The Morgan fingerprint density at radius 1 is 1.39 bits per heavy atom. The first kappa shape index (κ1) is 11.3. The molecule has 0 radical (unpaired) electrons. The van der Waals surface area contributed by atoms with Gasteiger partial charge in [-0.05, 0) is 37.6 Å². The predicted octanol–water partition coefficient (Wildman–Crippen LogP) is 1.87. The van der Waals surface area contributed by atoms with Gasteiger partial charge >= 0.3 is 0 Å². The highest BCUT2D eigenvalue weighted by molar-refractivity contribution is 5.33. The highest BCUT2D eigenvalue weighted by Crippen LogP contribution is 2.23.